The molecule has 0 aliphatic heterocycles. The topological polar surface area (TPSA) is 125 Å². The van der Waals surface area contributed by atoms with Crippen LogP contribution in [0.1, 0.15) is 20.8 Å². The monoisotopic (exact) mass is 309 g/mol. The van der Waals surface area contributed by atoms with Gasteiger partial charge in [-0.05, 0) is 12.1 Å². The van der Waals surface area contributed by atoms with Gasteiger partial charge in [0.1, 0.15) is 5.69 Å². The molecule has 1 heterocycles. The van der Waals surface area contributed by atoms with E-state index in [4.69, 9.17) is 16.7 Å². The Bertz CT molecular complexity index is 740. The van der Waals surface area contributed by atoms with Crippen LogP contribution in [-0.2, 0) is 0 Å². The van der Waals surface area contributed by atoms with Crippen LogP contribution in [0.4, 0.5) is 11.4 Å². The molecule has 0 spiro atoms. The number of aromatic nitrogens is 1. The molecule has 2 aromatic rings. The molecule has 21 heavy (non-hydrogen) atoms. The predicted octanol–water partition coefficient (Wildman–Crippen LogP) is 2.53. The fourth-order valence-electron chi connectivity index (χ4n) is 1.63. The van der Waals surface area contributed by atoms with E-state index in [2.05, 4.69) is 10.3 Å². The Labute approximate surface area is 122 Å². The van der Waals surface area contributed by atoms with Gasteiger partial charge in [0.05, 0.1) is 27.4 Å². The number of carbonyl (C=O) groups is 2. The van der Waals surface area contributed by atoms with Crippen LogP contribution in [0.25, 0.3) is 0 Å². The number of aromatic carboxylic acids is 1. The van der Waals surface area contributed by atoms with Crippen molar-refractivity contribution in [2.24, 2.45) is 0 Å². The molecule has 1 aromatic carbocycles. The number of anilines is 1. The molecule has 3 N–H and O–H groups in total. The average molecular weight is 310 g/mol. The highest BCUT2D eigenvalue weighted by molar-refractivity contribution is 6.34. The quantitative estimate of drug-likeness (QED) is 0.591. The van der Waals surface area contributed by atoms with Crippen molar-refractivity contribution in [3.05, 3.63) is 56.9 Å². The molecule has 1 amide bonds. The molecule has 0 saturated heterocycles. The second kappa shape index (κ2) is 5.63. The lowest BCUT2D eigenvalue weighted by molar-refractivity contribution is -0.384. The molecule has 108 valence electrons. The summed E-state index contributed by atoms with van der Waals surface area (Å²) in [4.78, 5) is 35.4. The number of aromatic amines is 1. The second-order valence-corrected chi connectivity index (χ2v) is 4.36. The van der Waals surface area contributed by atoms with Crippen LogP contribution in [0.15, 0.2) is 30.5 Å². The number of H-pyrrole nitrogens is 1. The Balaban J connectivity index is 2.31. The van der Waals surface area contributed by atoms with Gasteiger partial charge in [0.2, 0.25) is 0 Å². The van der Waals surface area contributed by atoms with E-state index < -0.39 is 16.8 Å². The average Bonchev–Trinajstić information content (AvgIpc) is 2.90. The zero-order valence-electron chi connectivity index (χ0n) is 10.3. The Hall–Kier alpha value is -2.87. The molecular formula is C12H8ClN3O5. The molecule has 0 saturated carbocycles. The lowest BCUT2D eigenvalue weighted by Gasteiger charge is -2.09. The number of carboxylic acids is 1. The van der Waals surface area contributed by atoms with Crippen molar-refractivity contribution in [1.29, 1.82) is 0 Å². The van der Waals surface area contributed by atoms with Crippen molar-refractivity contribution >= 4 is 34.9 Å². The number of carboxylic acid groups (broad SMARTS) is 1. The number of amides is 1. The molecule has 9 heteroatoms. The first-order valence-corrected chi connectivity index (χ1v) is 5.94. The van der Waals surface area contributed by atoms with Crippen molar-refractivity contribution in [3.63, 3.8) is 0 Å². The largest absolute Gasteiger partial charge is 0.478 e. The summed E-state index contributed by atoms with van der Waals surface area (Å²) in [6, 6.07) is 5.16. The molecule has 0 radical (unpaired) electrons. The normalized spacial score (nSPS) is 10.1. The number of nitrogens with zero attached hydrogens (tertiary/aromatic N) is 1. The number of carbonyl (C=O) groups excluding carboxylic acids is 1. The van der Waals surface area contributed by atoms with E-state index in [1.54, 1.807) is 0 Å². The summed E-state index contributed by atoms with van der Waals surface area (Å²) < 4.78 is 0. The lowest BCUT2D eigenvalue weighted by Crippen LogP contribution is -2.15. The van der Waals surface area contributed by atoms with Crippen LogP contribution in [-0.4, -0.2) is 26.9 Å². The molecule has 0 aliphatic carbocycles. The van der Waals surface area contributed by atoms with Gasteiger partial charge in [-0.2, -0.15) is 0 Å². The van der Waals surface area contributed by atoms with Gasteiger partial charge in [-0.3, -0.25) is 14.9 Å². The third kappa shape index (κ3) is 3.00. The molecular weight excluding hydrogens is 302 g/mol. The lowest BCUT2D eigenvalue weighted by atomic mass is 10.1. The molecule has 0 atom stereocenters. The third-order valence-corrected chi connectivity index (χ3v) is 2.92. The Kier molecular flexibility index (Phi) is 3.90. The Morgan fingerprint density at radius 2 is 2.10 bits per heavy atom. The zero-order chi connectivity index (χ0) is 15.6. The van der Waals surface area contributed by atoms with Gasteiger partial charge in [0, 0.05) is 6.07 Å². The summed E-state index contributed by atoms with van der Waals surface area (Å²) in [6.45, 7) is 0. The first kappa shape index (κ1) is 14.5. The van der Waals surface area contributed by atoms with Gasteiger partial charge >= 0.3 is 5.97 Å². The molecule has 0 aliphatic rings. The summed E-state index contributed by atoms with van der Waals surface area (Å²) in [5.41, 5.74) is -0.624. The van der Waals surface area contributed by atoms with Crippen LogP contribution >= 0.6 is 11.6 Å². The highest BCUT2D eigenvalue weighted by Crippen LogP contribution is 2.26. The summed E-state index contributed by atoms with van der Waals surface area (Å²) in [5, 5.41) is 22.0. The summed E-state index contributed by atoms with van der Waals surface area (Å²) in [5.74, 6) is -2.00. The van der Waals surface area contributed by atoms with Gasteiger partial charge in [-0.25, -0.2) is 4.79 Å². The fraction of sp³-hybridized carbons (Fsp3) is 0. The predicted molar refractivity (Wildman–Crippen MR) is 73.8 cm³/mol. The van der Waals surface area contributed by atoms with E-state index in [9.17, 15) is 19.7 Å². The van der Waals surface area contributed by atoms with Gasteiger partial charge in [-0.1, -0.05) is 17.7 Å². The number of halogens is 1. The van der Waals surface area contributed by atoms with Crippen LogP contribution in [0.2, 0.25) is 5.02 Å². The number of nitro groups is 1. The first-order chi connectivity index (χ1) is 9.90. The van der Waals surface area contributed by atoms with Crippen molar-refractivity contribution in [3.8, 4) is 0 Å². The van der Waals surface area contributed by atoms with Crippen LogP contribution in [0.5, 0.6) is 0 Å². The van der Waals surface area contributed by atoms with E-state index >= 15 is 0 Å². The van der Waals surface area contributed by atoms with Crippen molar-refractivity contribution in [2.75, 3.05) is 5.32 Å². The maximum absolute atomic E-state index is 12.0. The van der Waals surface area contributed by atoms with Gasteiger partial charge in [0.25, 0.3) is 11.6 Å². The third-order valence-electron chi connectivity index (χ3n) is 2.61. The zero-order valence-corrected chi connectivity index (χ0v) is 11.0. The summed E-state index contributed by atoms with van der Waals surface area (Å²) >= 11 is 5.86. The molecule has 2 rings (SSSR count). The fourth-order valence-corrected chi connectivity index (χ4v) is 1.85. The minimum Gasteiger partial charge on any atom is -0.478 e. The number of benzene rings is 1. The van der Waals surface area contributed by atoms with E-state index in [-0.39, 0.29) is 27.7 Å². The highest BCUT2D eigenvalue weighted by Gasteiger charge is 2.19. The van der Waals surface area contributed by atoms with Crippen LogP contribution in [0, 0.1) is 10.1 Å². The minimum absolute atomic E-state index is 0.0457. The molecule has 1 aromatic heterocycles. The first-order valence-electron chi connectivity index (χ1n) is 5.56. The smallest absolute Gasteiger partial charge is 0.337 e. The molecule has 0 bridgehead atoms. The van der Waals surface area contributed by atoms with Gasteiger partial charge < -0.3 is 15.4 Å². The molecule has 0 unspecified atom stereocenters. The maximum atomic E-state index is 12.0. The van der Waals surface area contributed by atoms with Crippen molar-refractivity contribution in [2.45, 2.75) is 0 Å². The maximum Gasteiger partial charge on any atom is 0.337 e. The number of hydrogen-bond acceptors (Lipinski definition) is 4. The van der Waals surface area contributed by atoms with Crippen LogP contribution < -0.4 is 5.32 Å². The number of rotatable bonds is 4. The summed E-state index contributed by atoms with van der Waals surface area (Å²) in [6.07, 6.45) is 1.06. The second-order valence-electron chi connectivity index (χ2n) is 3.95. The standard InChI is InChI=1S/C12H8ClN3O5/c13-8-3-1-2-7(12(18)19)10(8)15-11(17)9-4-6(5-14-9)16(20)21/h1-5,14H,(H,15,17)(H,18,19). The van der Waals surface area contributed by atoms with Crippen molar-refractivity contribution in [1.82, 2.24) is 4.98 Å². The Morgan fingerprint density at radius 3 is 2.67 bits per heavy atom. The Morgan fingerprint density at radius 1 is 1.38 bits per heavy atom. The van der Waals surface area contributed by atoms with E-state index in [1.807, 2.05) is 0 Å². The van der Waals surface area contributed by atoms with Crippen LogP contribution in [0.3, 0.4) is 0 Å². The molecule has 0 fully saturated rings. The van der Waals surface area contributed by atoms with Crippen molar-refractivity contribution < 1.29 is 19.6 Å². The number of para-hydroxylation sites is 1. The SMILES string of the molecule is O=C(Nc1c(Cl)cccc1C(=O)O)c1cc([N+](=O)[O-])c[nH]1. The highest BCUT2D eigenvalue weighted by atomic mass is 35.5. The number of hydrogen-bond donors (Lipinski definition) is 3. The van der Waals surface area contributed by atoms with E-state index in [0.717, 1.165) is 12.3 Å². The minimum atomic E-state index is -1.26. The van der Waals surface area contributed by atoms with E-state index in [0.29, 0.717) is 0 Å². The van der Waals surface area contributed by atoms with E-state index in [1.165, 1.54) is 18.2 Å². The van der Waals surface area contributed by atoms with Gasteiger partial charge in [0.15, 0.2) is 0 Å². The van der Waals surface area contributed by atoms with Gasteiger partial charge in [-0.15, -0.1) is 0 Å². The number of nitrogens with one attached hydrogen (secondary N) is 2. The summed E-state index contributed by atoms with van der Waals surface area (Å²) in [7, 11) is 0. The molecule has 8 nitrogen and oxygen atoms in total.